The van der Waals surface area contributed by atoms with Crippen LogP contribution in [0.15, 0.2) is 29.2 Å². The number of hydrogen-bond acceptors (Lipinski definition) is 2. The third-order valence-electron chi connectivity index (χ3n) is 1.72. The van der Waals surface area contributed by atoms with E-state index >= 15 is 0 Å². The van der Waals surface area contributed by atoms with Gasteiger partial charge in [-0.15, -0.1) is 0 Å². The van der Waals surface area contributed by atoms with Gasteiger partial charge in [-0.2, -0.15) is 0 Å². The minimum atomic E-state index is -3.53. The Kier molecular flexibility index (Phi) is 3.60. The molecule has 0 saturated heterocycles. The van der Waals surface area contributed by atoms with Gasteiger partial charge in [0, 0.05) is 6.54 Å². The molecule has 0 unspecified atom stereocenters. The van der Waals surface area contributed by atoms with Crippen molar-refractivity contribution in [2.24, 2.45) is 0 Å². The molecule has 3 nitrogen and oxygen atoms in total. The molecule has 0 amide bonds. The molecule has 0 fully saturated rings. The topological polar surface area (TPSA) is 46.2 Å². The molecule has 0 radical (unpaired) electrons. The summed E-state index contributed by atoms with van der Waals surface area (Å²) in [6.45, 7) is 0.979. The summed E-state index contributed by atoms with van der Waals surface area (Å²) in [5.74, 6) is 0. The highest BCUT2D eigenvalue weighted by Crippen LogP contribution is 2.09. The number of halogens is 1. The normalized spacial score (nSPS) is 11.6. The predicted molar refractivity (Wildman–Crippen MR) is 52.3 cm³/mol. The summed E-state index contributed by atoms with van der Waals surface area (Å²) in [4.78, 5) is 0.163. The lowest BCUT2D eigenvalue weighted by Crippen LogP contribution is -2.25. The molecule has 1 rings (SSSR count). The van der Waals surface area contributed by atoms with E-state index in [0.717, 1.165) is 5.56 Å². The van der Waals surface area contributed by atoms with Crippen molar-refractivity contribution < 1.29 is 12.8 Å². The Balaban J connectivity index is 2.87. The van der Waals surface area contributed by atoms with Crippen molar-refractivity contribution >= 4 is 10.0 Å². The molecule has 0 aliphatic carbocycles. The van der Waals surface area contributed by atoms with E-state index in [1.54, 1.807) is 12.1 Å². The van der Waals surface area contributed by atoms with Crippen LogP contribution in [0, 0.1) is 6.92 Å². The molecule has 5 heteroatoms. The Morgan fingerprint density at radius 3 is 2.36 bits per heavy atom. The second kappa shape index (κ2) is 4.52. The Morgan fingerprint density at radius 2 is 1.86 bits per heavy atom. The Bertz CT molecular complexity index is 386. The van der Waals surface area contributed by atoms with Crippen molar-refractivity contribution in [3.63, 3.8) is 0 Å². The molecule has 78 valence electrons. The summed E-state index contributed by atoms with van der Waals surface area (Å²) in [5.41, 5.74) is 0.981. The zero-order valence-electron chi connectivity index (χ0n) is 7.83. The number of benzene rings is 1. The zero-order valence-corrected chi connectivity index (χ0v) is 8.64. The molecule has 1 aromatic carbocycles. The van der Waals surface area contributed by atoms with Crippen LogP contribution in [0.1, 0.15) is 5.56 Å². The maximum absolute atomic E-state index is 11.8. The monoisotopic (exact) mass is 217 g/mol. The highest BCUT2D eigenvalue weighted by Gasteiger charge is 2.11. The van der Waals surface area contributed by atoms with E-state index in [-0.39, 0.29) is 11.4 Å². The van der Waals surface area contributed by atoms with E-state index in [9.17, 15) is 12.8 Å². The van der Waals surface area contributed by atoms with Crippen LogP contribution in [0.25, 0.3) is 0 Å². The smallest absolute Gasteiger partial charge is 0.240 e. The average Bonchev–Trinajstić information content (AvgIpc) is 2.16. The van der Waals surface area contributed by atoms with E-state index in [1.807, 2.05) is 6.92 Å². The minimum Gasteiger partial charge on any atom is -0.250 e. The Labute approximate surface area is 83.0 Å². The Hall–Kier alpha value is -0.940. The lowest BCUT2D eigenvalue weighted by atomic mass is 10.2. The van der Waals surface area contributed by atoms with Gasteiger partial charge in [0.05, 0.1) is 4.90 Å². The molecule has 0 saturated carbocycles. The van der Waals surface area contributed by atoms with E-state index < -0.39 is 16.7 Å². The maximum atomic E-state index is 11.8. The van der Waals surface area contributed by atoms with Gasteiger partial charge in [0.1, 0.15) is 6.67 Å². The van der Waals surface area contributed by atoms with Crippen molar-refractivity contribution in [3.8, 4) is 0 Å². The minimum absolute atomic E-state index is 0.163. The fourth-order valence-corrected chi connectivity index (χ4v) is 1.98. The largest absolute Gasteiger partial charge is 0.250 e. The Morgan fingerprint density at radius 1 is 1.29 bits per heavy atom. The van der Waals surface area contributed by atoms with Crippen LogP contribution < -0.4 is 4.72 Å². The van der Waals surface area contributed by atoms with Crippen LogP contribution in [-0.4, -0.2) is 21.6 Å². The fraction of sp³-hybridized carbons (Fsp3) is 0.333. The molecular weight excluding hydrogens is 205 g/mol. The summed E-state index contributed by atoms with van der Waals surface area (Å²) in [7, 11) is -3.53. The molecule has 1 aromatic rings. The first-order chi connectivity index (χ1) is 6.56. The zero-order chi connectivity index (χ0) is 10.6. The maximum Gasteiger partial charge on any atom is 0.240 e. The van der Waals surface area contributed by atoms with Gasteiger partial charge in [0.15, 0.2) is 0 Å². The summed E-state index contributed by atoms with van der Waals surface area (Å²) in [6, 6.07) is 6.39. The van der Waals surface area contributed by atoms with Gasteiger partial charge in [0.25, 0.3) is 0 Å². The van der Waals surface area contributed by atoms with E-state index in [2.05, 4.69) is 4.72 Å². The number of hydrogen-bond donors (Lipinski definition) is 1. The van der Waals surface area contributed by atoms with Gasteiger partial charge in [-0.3, -0.25) is 0 Å². The van der Waals surface area contributed by atoms with Crippen molar-refractivity contribution in [2.75, 3.05) is 13.2 Å². The van der Waals surface area contributed by atoms with Crippen LogP contribution >= 0.6 is 0 Å². The highest BCUT2D eigenvalue weighted by atomic mass is 32.2. The van der Waals surface area contributed by atoms with Crippen molar-refractivity contribution in [3.05, 3.63) is 29.8 Å². The quantitative estimate of drug-likeness (QED) is 0.824. The van der Waals surface area contributed by atoms with Crippen molar-refractivity contribution in [2.45, 2.75) is 11.8 Å². The lowest BCUT2D eigenvalue weighted by molar-refractivity contribution is 0.486. The van der Waals surface area contributed by atoms with Crippen LogP contribution in [0.5, 0.6) is 0 Å². The second-order valence-corrected chi connectivity index (χ2v) is 4.67. The number of aryl methyl sites for hydroxylation is 1. The molecule has 0 bridgehead atoms. The highest BCUT2D eigenvalue weighted by molar-refractivity contribution is 7.89. The molecule has 0 heterocycles. The number of alkyl halides is 1. The molecule has 0 aliphatic rings. The fourth-order valence-electron chi connectivity index (χ4n) is 0.974. The average molecular weight is 217 g/mol. The number of rotatable bonds is 4. The van der Waals surface area contributed by atoms with Crippen LogP contribution in [0.2, 0.25) is 0 Å². The van der Waals surface area contributed by atoms with Gasteiger partial charge < -0.3 is 0 Å². The van der Waals surface area contributed by atoms with Gasteiger partial charge in [-0.25, -0.2) is 17.5 Å². The van der Waals surface area contributed by atoms with Gasteiger partial charge >= 0.3 is 0 Å². The molecule has 1 N–H and O–H groups in total. The summed E-state index contributed by atoms with van der Waals surface area (Å²) in [5, 5.41) is 0. The molecule has 0 atom stereocenters. The van der Waals surface area contributed by atoms with Crippen LogP contribution in [0.4, 0.5) is 4.39 Å². The van der Waals surface area contributed by atoms with Crippen LogP contribution in [0.3, 0.4) is 0 Å². The van der Waals surface area contributed by atoms with E-state index in [0.29, 0.717) is 0 Å². The van der Waals surface area contributed by atoms with Gasteiger partial charge in [-0.1, -0.05) is 17.7 Å². The first kappa shape index (κ1) is 11.1. The SMILES string of the molecule is Cc1ccc(S(=O)(=O)NCCF)cc1. The summed E-state index contributed by atoms with van der Waals surface area (Å²) >= 11 is 0. The third-order valence-corrected chi connectivity index (χ3v) is 3.19. The predicted octanol–water partition coefficient (Wildman–Crippen LogP) is 1.24. The first-order valence-electron chi connectivity index (χ1n) is 4.18. The molecule has 14 heavy (non-hydrogen) atoms. The van der Waals surface area contributed by atoms with Crippen molar-refractivity contribution in [1.82, 2.24) is 4.72 Å². The standard InChI is InChI=1S/C9H12FNO2S/c1-8-2-4-9(5-3-8)14(12,13)11-7-6-10/h2-5,11H,6-7H2,1H3. The van der Waals surface area contributed by atoms with Crippen LogP contribution in [-0.2, 0) is 10.0 Å². The number of nitrogens with one attached hydrogen (secondary N) is 1. The molecule has 0 aromatic heterocycles. The van der Waals surface area contributed by atoms with E-state index in [1.165, 1.54) is 12.1 Å². The number of sulfonamides is 1. The molecule has 0 aliphatic heterocycles. The molecule has 0 spiro atoms. The van der Waals surface area contributed by atoms with Gasteiger partial charge in [0.2, 0.25) is 10.0 Å². The second-order valence-electron chi connectivity index (χ2n) is 2.90. The lowest BCUT2D eigenvalue weighted by Gasteiger charge is -2.04. The van der Waals surface area contributed by atoms with Crippen molar-refractivity contribution in [1.29, 1.82) is 0 Å². The molecular formula is C9H12FNO2S. The van der Waals surface area contributed by atoms with E-state index in [4.69, 9.17) is 0 Å². The summed E-state index contributed by atoms with van der Waals surface area (Å²) in [6.07, 6.45) is 0. The summed E-state index contributed by atoms with van der Waals surface area (Å²) < 4.78 is 36.8. The van der Waals surface area contributed by atoms with Gasteiger partial charge in [-0.05, 0) is 19.1 Å². The first-order valence-corrected chi connectivity index (χ1v) is 5.67. The third kappa shape index (κ3) is 2.78.